The summed E-state index contributed by atoms with van der Waals surface area (Å²) in [6.07, 6.45) is 0. The molecule has 0 aliphatic heterocycles. The number of para-hydroxylation sites is 1. The normalized spacial score (nSPS) is 10.7. The van der Waals surface area contributed by atoms with Gasteiger partial charge < -0.3 is 14.5 Å². The summed E-state index contributed by atoms with van der Waals surface area (Å²) in [5.41, 5.74) is 4.02. The molecule has 2 aromatic carbocycles. The van der Waals surface area contributed by atoms with Crippen molar-refractivity contribution in [1.82, 2.24) is 0 Å². The second-order valence-corrected chi connectivity index (χ2v) is 7.62. The van der Waals surface area contributed by atoms with E-state index in [1.54, 1.807) is 30.3 Å². The molecule has 1 N–H and O–H groups in total. The maximum Gasteiger partial charge on any atom is 0.374 e. The quantitative estimate of drug-likeness (QED) is 0.411. The van der Waals surface area contributed by atoms with Crippen molar-refractivity contribution in [2.24, 2.45) is 0 Å². The maximum atomic E-state index is 12.3. The molecule has 0 saturated heterocycles. The summed E-state index contributed by atoms with van der Waals surface area (Å²) < 4.78 is 10.7. The number of ether oxygens (including phenoxy) is 1. The second kappa shape index (κ2) is 9.43. The fourth-order valence-electron chi connectivity index (χ4n) is 3.19. The van der Waals surface area contributed by atoms with Gasteiger partial charge in [-0.05, 0) is 43.0 Å². The van der Waals surface area contributed by atoms with Crippen LogP contribution in [0.2, 0.25) is 0 Å². The Bertz CT molecular complexity index is 1110. The number of aryl methyl sites for hydroxylation is 1. The summed E-state index contributed by atoms with van der Waals surface area (Å²) in [5.74, 6) is -0.472. The average molecular weight is 419 g/mol. The third-order valence-corrected chi connectivity index (χ3v) is 4.91. The molecule has 3 aromatic rings. The van der Waals surface area contributed by atoms with Crippen LogP contribution in [0.1, 0.15) is 58.7 Å². The molecular weight excluding hydrogens is 394 g/mol. The lowest BCUT2D eigenvalue weighted by molar-refractivity contribution is -0.119. The smallest absolute Gasteiger partial charge is 0.374 e. The summed E-state index contributed by atoms with van der Waals surface area (Å²) in [7, 11) is 0. The van der Waals surface area contributed by atoms with Crippen LogP contribution in [0.3, 0.4) is 0 Å². The topological polar surface area (TPSA) is 85.6 Å². The molecule has 0 atom stereocenters. The highest BCUT2D eigenvalue weighted by molar-refractivity contribution is 5.96. The zero-order valence-electron chi connectivity index (χ0n) is 18.0. The number of esters is 1. The van der Waals surface area contributed by atoms with E-state index in [0.29, 0.717) is 11.3 Å². The first-order valence-electron chi connectivity index (χ1n) is 10.0. The van der Waals surface area contributed by atoms with E-state index in [4.69, 9.17) is 9.15 Å². The zero-order valence-corrected chi connectivity index (χ0v) is 18.0. The van der Waals surface area contributed by atoms with E-state index in [9.17, 15) is 14.4 Å². The van der Waals surface area contributed by atoms with Gasteiger partial charge in [0.15, 0.2) is 12.4 Å². The van der Waals surface area contributed by atoms with Gasteiger partial charge in [0.1, 0.15) is 5.76 Å². The Morgan fingerprint density at radius 2 is 1.71 bits per heavy atom. The molecule has 0 bridgehead atoms. The van der Waals surface area contributed by atoms with Crippen molar-refractivity contribution in [3.05, 3.63) is 77.0 Å². The fraction of sp³-hybridized carbons (Fsp3) is 0.240. The average Bonchev–Trinajstić information content (AvgIpc) is 3.23. The van der Waals surface area contributed by atoms with Crippen molar-refractivity contribution >= 4 is 23.3 Å². The lowest BCUT2D eigenvalue weighted by atomic mass is 9.98. The Morgan fingerprint density at radius 1 is 1.00 bits per heavy atom. The number of hydrogen-bond acceptors (Lipinski definition) is 5. The molecule has 0 spiro atoms. The fourth-order valence-corrected chi connectivity index (χ4v) is 3.19. The van der Waals surface area contributed by atoms with Crippen molar-refractivity contribution < 1.29 is 23.5 Å². The first kappa shape index (κ1) is 22.0. The minimum atomic E-state index is -0.726. The summed E-state index contributed by atoms with van der Waals surface area (Å²) in [5, 5.41) is 2.84. The monoisotopic (exact) mass is 419 g/mol. The minimum Gasteiger partial charge on any atom is -0.450 e. The highest BCUT2D eigenvalue weighted by Crippen LogP contribution is 2.27. The third kappa shape index (κ3) is 5.28. The van der Waals surface area contributed by atoms with Gasteiger partial charge in [0, 0.05) is 16.8 Å². The van der Waals surface area contributed by atoms with E-state index >= 15 is 0 Å². The van der Waals surface area contributed by atoms with Crippen LogP contribution in [0.4, 0.5) is 5.69 Å². The van der Waals surface area contributed by atoms with Gasteiger partial charge in [0.25, 0.3) is 5.91 Å². The van der Waals surface area contributed by atoms with Crippen molar-refractivity contribution in [2.45, 2.75) is 33.6 Å². The van der Waals surface area contributed by atoms with Crippen LogP contribution < -0.4 is 5.32 Å². The molecule has 1 aromatic heterocycles. The lowest BCUT2D eigenvalue weighted by Crippen LogP contribution is -2.22. The zero-order chi connectivity index (χ0) is 22.5. The van der Waals surface area contributed by atoms with Crippen molar-refractivity contribution in [2.75, 3.05) is 11.9 Å². The van der Waals surface area contributed by atoms with Crippen molar-refractivity contribution in [1.29, 1.82) is 0 Å². The minimum absolute atomic E-state index is 0.00259. The van der Waals surface area contributed by atoms with Crippen LogP contribution in [0.15, 0.2) is 59.0 Å². The molecule has 0 unspecified atom stereocenters. The molecule has 0 saturated carbocycles. The predicted octanol–water partition coefficient (Wildman–Crippen LogP) is 5.38. The van der Waals surface area contributed by atoms with Crippen LogP contribution in [0.25, 0.3) is 11.3 Å². The van der Waals surface area contributed by atoms with Crippen LogP contribution in [0.5, 0.6) is 0 Å². The van der Waals surface area contributed by atoms with Gasteiger partial charge in [-0.3, -0.25) is 9.59 Å². The van der Waals surface area contributed by atoms with E-state index < -0.39 is 18.5 Å². The SMILES string of the molecule is CC(=O)c1ccc(-c2ccc(C(=O)OCC(=O)Nc3c(C)cccc3C(C)C)o2)cc1. The number of rotatable bonds is 7. The number of anilines is 1. The molecule has 6 nitrogen and oxygen atoms in total. The molecule has 0 radical (unpaired) electrons. The largest absolute Gasteiger partial charge is 0.450 e. The molecule has 6 heteroatoms. The van der Waals surface area contributed by atoms with E-state index in [1.807, 2.05) is 39.0 Å². The lowest BCUT2D eigenvalue weighted by Gasteiger charge is -2.16. The van der Waals surface area contributed by atoms with Gasteiger partial charge in [0.05, 0.1) is 0 Å². The van der Waals surface area contributed by atoms with E-state index in [2.05, 4.69) is 5.32 Å². The van der Waals surface area contributed by atoms with Crippen molar-refractivity contribution in [3.63, 3.8) is 0 Å². The number of amides is 1. The number of carbonyl (C=O) groups is 3. The van der Waals surface area contributed by atoms with Gasteiger partial charge in [-0.25, -0.2) is 4.79 Å². The highest BCUT2D eigenvalue weighted by atomic mass is 16.5. The van der Waals surface area contributed by atoms with Crippen LogP contribution in [-0.2, 0) is 9.53 Å². The molecule has 1 heterocycles. The summed E-state index contributed by atoms with van der Waals surface area (Å²) in [6, 6.07) is 15.8. The Kier molecular flexibility index (Phi) is 6.70. The number of carbonyl (C=O) groups excluding carboxylic acids is 3. The summed E-state index contributed by atoms with van der Waals surface area (Å²) in [6.45, 7) is 7.09. The summed E-state index contributed by atoms with van der Waals surface area (Å²) >= 11 is 0. The number of hydrogen-bond donors (Lipinski definition) is 1. The second-order valence-electron chi connectivity index (χ2n) is 7.62. The third-order valence-electron chi connectivity index (χ3n) is 4.91. The number of nitrogens with one attached hydrogen (secondary N) is 1. The van der Waals surface area contributed by atoms with Crippen molar-refractivity contribution in [3.8, 4) is 11.3 Å². The number of benzene rings is 2. The van der Waals surface area contributed by atoms with Gasteiger partial charge in [0.2, 0.25) is 5.76 Å². The number of ketones is 1. The molecular formula is C25H25NO5. The first-order valence-corrected chi connectivity index (χ1v) is 10.0. The number of Topliss-reactive ketones (excluding diaryl/α,β-unsaturated/α-hetero) is 1. The molecule has 160 valence electrons. The highest BCUT2D eigenvalue weighted by Gasteiger charge is 2.17. The summed E-state index contributed by atoms with van der Waals surface area (Å²) in [4.78, 5) is 36.0. The maximum absolute atomic E-state index is 12.3. The molecule has 0 fully saturated rings. The van der Waals surface area contributed by atoms with E-state index in [0.717, 1.165) is 22.4 Å². The Morgan fingerprint density at radius 3 is 2.35 bits per heavy atom. The van der Waals surface area contributed by atoms with E-state index in [1.165, 1.54) is 13.0 Å². The van der Waals surface area contributed by atoms with Crippen LogP contribution in [-0.4, -0.2) is 24.3 Å². The number of furan rings is 1. The van der Waals surface area contributed by atoms with Gasteiger partial charge >= 0.3 is 5.97 Å². The molecule has 0 aliphatic carbocycles. The van der Waals surface area contributed by atoms with Crippen LogP contribution >= 0.6 is 0 Å². The Labute approximate surface area is 181 Å². The Balaban J connectivity index is 1.62. The molecule has 1 amide bonds. The van der Waals surface area contributed by atoms with E-state index in [-0.39, 0.29) is 17.5 Å². The molecule has 31 heavy (non-hydrogen) atoms. The molecule has 0 aliphatic rings. The van der Waals surface area contributed by atoms with Gasteiger partial charge in [-0.2, -0.15) is 0 Å². The first-order chi connectivity index (χ1) is 14.8. The van der Waals surface area contributed by atoms with Crippen LogP contribution in [0, 0.1) is 6.92 Å². The standard InChI is InChI=1S/C25H25NO5/c1-15(2)20-7-5-6-16(3)24(20)26-23(28)14-30-25(29)22-13-12-21(31-22)19-10-8-18(9-11-19)17(4)27/h5-13,15H,14H2,1-4H3,(H,26,28). The molecule has 3 rings (SSSR count). The van der Waals surface area contributed by atoms with Gasteiger partial charge in [-0.15, -0.1) is 0 Å². The Hall–Kier alpha value is -3.67. The van der Waals surface area contributed by atoms with Gasteiger partial charge in [-0.1, -0.05) is 56.3 Å². The predicted molar refractivity (Wildman–Crippen MR) is 118 cm³/mol.